The first-order valence-corrected chi connectivity index (χ1v) is 4.50. The molecule has 0 heterocycles. The Morgan fingerprint density at radius 1 is 1.25 bits per heavy atom. The van der Waals surface area contributed by atoms with Crippen LogP contribution in [0.4, 0.5) is 4.39 Å². The van der Waals surface area contributed by atoms with Crippen LogP contribution in [-0.4, -0.2) is 0 Å². The van der Waals surface area contributed by atoms with E-state index in [0.717, 1.165) is 0 Å². The maximum atomic E-state index is 12.9. The Morgan fingerprint density at radius 2 is 1.83 bits per heavy atom. The van der Waals surface area contributed by atoms with Crippen molar-refractivity contribution in [1.29, 1.82) is 0 Å². The average molecular weight is 227 g/mol. The van der Waals surface area contributed by atoms with E-state index in [4.69, 9.17) is 34.8 Å². The first-order chi connectivity index (χ1) is 5.52. The van der Waals surface area contributed by atoms with Crippen molar-refractivity contribution < 1.29 is 4.39 Å². The Balaban J connectivity index is 3.23. The van der Waals surface area contributed by atoms with Gasteiger partial charge in [-0.15, -0.1) is 11.6 Å². The highest BCUT2D eigenvalue weighted by Gasteiger charge is 2.10. The maximum absolute atomic E-state index is 12.9. The molecule has 66 valence electrons. The minimum absolute atomic E-state index is 0.0149. The van der Waals surface area contributed by atoms with Gasteiger partial charge in [0.25, 0.3) is 0 Å². The molecule has 12 heavy (non-hydrogen) atoms. The summed E-state index contributed by atoms with van der Waals surface area (Å²) in [6.07, 6.45) is 0. The molecule has 0 aliphatic carbocycles. The molecule has 0 saturated heterocycles. The van der Waals surface area contributed by atoms with Gasteiger partial charge in [0, 0.05) is 5.02 Å². The lowest BCUT2D eigenvalue weighted by atomic mass is 10.1. The van der Waals surface area contributed by atoms with Gasteiger partial charge < -0.3 is 0 Å². The zero-order valence-corrected chi connectivity index (χ0v) is 8.51. The molecule has 0 nitrogen and oxygen atoms in total. The number of benzene rings is 1. The van der Waals surface area contributed by atoms with Gasteiger partial charge in [0.2, 0.25) is 0 Å². The number of hydrogen-bond acceptors (Lipinski definition) is 0. The highest BCUT2D eigenvalue weighted by atomic mass is 35.5. The minimum atomic E-state index is -0.497. The van der Waals surface area contributed by atoms with Gasteiger partial charge in [-0.3, -0.25) is 0 Å². The van der Waals surface area contributed by atoms with E-state index in [2.05, 4.69) is 0 Å². The molecule has 0 aliphatic rings. The highest BCUT2D eigenvalue weighted by Crippen LogP contribution is 2.31. The van der Waals surface area contributed by atoms with E-state index in [0.29, 0.717) is 10.6 Å². The Labute approximate surface area is 85.2 Å². The molecule has 1 aromatic rings. The summed E-state index contributed by atoms with van der Waals surface area (Å²) in [6.45, 7) is 1.72. The van der Waals surface area contributed by atoms with Gasteiger partial charge in [-0.25, -0.2) is 4.39 Å². The molecule has 1 unspecified atom stereocenters. The monoisotopic (exact) mass is 226 g/mol. The Hall–Kier alpha value is 0.0200. The standard InChI is InChI=1S/C8H6Cl3F/c1-4(9)5-2-8(12)7(11)3-6(5)10/h2-4H,1H3. The van der Waals surface area contributed by atoms with Crippen molar-refractivity contribution in [2.45, 2.75) is 12.3 Å². The van der Waals surface area contributed by atoms with Crippen molar-refractivity contribution in [2.75, 3.05) is 0 Å². The van der Waals surface area contributed by atoms with Crippen LogP contribution in [0.25, 0.3) is 0 Å². The van der Waals surface area contributed by atoms with E-state index in [1.54, 1.807) is 6.92 Å². The molecule has 0 bridgehead atoms. The zero-order valence-electron chi connectivity index (χ0n) is 6.24. The maximum Gasteiger partial charge on any atom is 0.142 e. The first kappa shape index (κ1) is 10.1. The Morgan fingerprint density at radius 3 is 2.33 bits per heavy atom. The fourth-order valence-electron chi connectivity index (χ4n) is 0.843. The summed E-state index contributed by atoms with van der Waals surface area (Å²) in [5, 5.41) is 0.0919. The third-order valence-corrected chi connectivity index (χ3v) is 2.32. The lowest BCUT2D eigenvalue weighted by Crippen LogP contribution is -1.88. The lowest BCUT2D eigenvalue weighted by Gasteiger charge is -2.06. The van der Waals surface area contributed by atoms with Gasteiger partial charge in [-0.2, -0.15) is 0 Å². The summed E-state index contributed by atoms with van der Waals surface area (Å²) >= 11 is 17.0. The lowest BCUT2D eigenvalue weighted by molar-refractivity contribution is 0.626. The molecule has 0 fully saturated rings. The van der Waals surface area contributed by atoms with Crippen LogP contribution in [0.1, 0.15) is 17.9 Å². The van der Waals surface area contributed by atoms with Crippen LogP contribution in [-0.2, 0) is 0 Å². The third kappa shape index (κ3) is 2.03. The third-order valence-electron chi connectivity index (χ3n) is 1.47. The van der Waals surface area contributed by atoms with Gasteiger partial charge in [-0.1, -0.05) is 23.2 Å². The van der Waals surface area contributed by atoms with E-state index < -0.39 is 5.82 Å². The molecule has 1 atom stereocenters. The molecule has 1 rings (SSSR count). The number of alkyl halides is 1. The second-order valence-electron chi connectivity index (χ2n) is 2.40. The van der Waals surface area contributed by atoms with Crippen LogP contribution >= 0.6 is 34.8 Å². The Bertz CT molecular complexity index is 297. The van der Waals surface area contributed by atoms with Gasteiger partial charge in [-0.05, 0) is 24.6 Å². The fourth-order valence-corrected chi connectivity index (χ4v) is 1.63. The molecule has 0 spiro atoms. The van der Waals surface area contributed by atoms with Gasteiger partial charge in [0.15, 0.2) is 0 Å². The van der Waals surface area contributed by atoms with Gasteiger partial charge >= 0.3 is 0 Å². The van der Waals surface area contributed by atoms with Crippen molar-refractivity contribution >= 4 is 34.8 Å². The SMILES string of the molecule is CC(Cl)c1cc(F)c(Cl)cc1Cl. The normalized spacial score (nSPS) is 13.1. The van der Waals surface area contributed by atoms with E-state index >= 15 is 0 Å². The molecule has 4 heteroatoms. The summed E-state index contributed by atoms with van der Waals surface area (Å²) in [6, 6.07) is 2.61. The van der Waals surface area contributed by atoms with Crippen molar-refractivity contribution in [3.05, 3.63) is 33.6 Å². The minimum Gasteiger partial charge on any atom is -0.205 e. The number of hydrogen-bond donors (Lipinski definition) is 0. The highest BCUT2D eigenvalue weighted by molar-refractivity contribution is 6.35. The number of rotatable bonds is 1. The number of halogens is 4. The van der Waals surface area contributed by atoms with Crippen LogP contribution in [0, 0.1) is 5.82 Å². The van der Waals surface area contributed by atoms with Crippen molar-refractivity contribution in [3.8, 4) is 0 Å². The van der Waals surface area contributed by atoms with Crippen LogP contribution in [0.5, 0.6) is 0 Å². The van der Waals surface area contributed by atoms with Gasteiger partial charge in [0.05, 0.1) is 10.4 Å². The summed E-state index contributed by atoms with van der Waals surface area (Å²) in [5.41, 5.74) is 0.556. The zero-order chi connectivity index (χ0) is 9.30. The quantitative estimate of drug-likeness (QED) is 0.492. The van der Waals surface area contributed by atoms with E-state index in [1.807, 2.05) is 0 Å². The molecule has 0 saturated carbocycles. The molecule has 0 N–H and O–H groups in total. The molecular weight excluding hydrogens is 221 g/mol. The summed E-state index contributed by atoms with van der Waals surface area (Å²) < 4.78 is 12.9. The van der Waals surface area contributed by atoms with E-state index in [9.17, 15) is 4.39 Å². The first-order valence-electron chi connectivity index (χ1n) is 3.31. The van der Waals surface area contributed by atoms with E-state index in [1.165, 1.54) is 12.1 Å². The molecule has 0 amide bonds. The van der Waals surface area contributed by atoms with Gasteiger partial charge in [0.1, 0.15) is 5.82 Å². The smallest absolute Gasteiger partial charge is 0.142 e. The van der Waals surface area contributed by atoms with Crippen LogP contribution in [0.3, 0.4) is 0 Å². The predicted octanol–water partition coefficient (Wildman–Crippen LogP) is 4.43. The second kappa shape index (κ2) is 3.82. The van der Waals surface area contributed by atoms with Crippen molar-refractivity contribution in [1.82, 2.24) is 0 Å². The molecule has 0 radical (unpaired) electrons. The van der Waals surface area contributed by atoms with Crippen LogP contribution in [0.2, 0.25) is 10.0 Å². The van der Waals surface area contributed by atoms with Crippen molar-refractivity contribution in [3.63, 3.8) is 0 Å². The molecule has 1 aromatic carbocycles. The molecule has 0 aliphatic heterocycles. The van der Waals surface area contributed by atoms with E-state index in [-0.39, 0.29) is 10.4 Å². The predicted molar refractivity (Wildman–Crippen MR) is 50.7 cm³/mol. The second-order valence-corrected chi connectivity index (χ2v) is 3.87. The fraction of sp³-hybridized carbons (Fsp3) is 0.250. The topological polar surface area (TPSA) is 0 Å². The Kier molecular flexibility index (Phi) is 3.22. The largest absolute Gasteiger partial charge is 0.205 e. The summed E-state index contributed by atoms with van der Waals surface area (Å²) in [4.78, 5) is 0. The molecular formula is C8H6Cl3F. The molecule has 0 aromatic heterocycles. The average Bonchev–Trinajstić information content (AvgIpc) is 1.96. The van der Waals surface area contributed by atoms with Crippen molar-refractivity contribution in [2.24, 2.45) is 0 Å². The summed E-state index contributed by atoms with van der Waals surface area (Å²) in [5.74, 6) is -0.497. The summed E-state index contributed by atoms with van der Waals surface area (Å²) in [7, 11) is 0. The van der Waals surface area contributed by atoms with Crippen LogP contribution < -0.4 is 0 Å². The van der Waals surface area contributed by atoms with Crippen LogP contribution in [0.15, 0.2) is 12.1 Å².